The van der Waals surface area contributed by atoms with Gasteiger partial charge in [0.15, 0.2) is 0 Å². The molecule has 3 N–H and O–H groups in total. The second-order valence-corrected chi connectivity index (χ2v) is 9.03. The molecule has 168 valence electrons. The van der Waals surface area contributed by atoms with Gasteiger partial charge in [0, 0.05) is 24.5 Å². The molecule has 1 aromatic carbocycles. The molecule has 0 spiro atoms. The number of benzene rings is 1. The summed E-state index contributed by atoms with van der Waals surface area (Å²) in [5, 5.41) is 11.2. The second-order valence-electron chi connectivity index (χ2n) is 8.08. The van der Waals surface area contributed by atoms with E-state index < -0.39 is 0 Å². The highest BCUT2D eigenvalue weighted by molar-refractivity contribution is 7.09. The van der Waals surface area contributed by atoms with Crippen molar-refractivity contribution in [3.05, 3.63) is 45.4 Å². The average Bonchev–Trinajstić information content (AvgIpc) is 3.21. The molecule has 0 saturated heterocycles. The van der Waals surface area contributed by atoms with Crippen LogP contribution in [-0.4, -0.2) is 36.1 Å². The third kappa shape index (κ3) is 7.86. The van der Waals surface area contributed by atoms with Crippen molar-refractivity contribution in [3.63, 3.8) is 0 Å². The van der Waals surface area contributed by atoms with Gasteiger partial charge in [-0.2, -0.15) is 0 Å². The van der Waals surface area contributed by atoms with E-state index in [-0.39, 0.29) is 11.9 Å². The van der Waals surface area contributed by atoms with E-state index in [4.69, 9.17) is 4.74 Å². The molecular weight excluding hydrogens is 412 g/mol. The van der Waals surface area contributed by atoms with Gasteiger partial charge < -0.3 is 20.7 Å². The van der Waals surface area contributed by atoms with Crippen LogP contribution in [0.5, 0.6) is 5.75 Å². The van der Waals surface area contributed by atoms with Crippen LogP contribution in [0.15, 0.2) is 23.6 Å². The monoisotopic (exact) mass is 444 g/mol. The largest absolute Gasteiger partial charge is 0.486 e. The number of rotatable bonds is 9. The van der Waals surface area contributed by atoms with E-state index in [0.29, 0.717) is 37.9 Å². The van der Waals surface area contributed by atoms with Crippen LogP contribution in [0.4, 0.5) is 4.79 Å². The number of hydrogen-bond donors (Lipinski definition) is 3. The van der Waals surface area contributed by atoms with Crippen molar-refractivity contribution in [2.45, 2.75) is 65.0 Å². The molecule has 31 heavy (non-hydrogen) atoms. The summed E-state index contributed by atoms with van der Waals surface area (Å²) in [7, 11) is 0. The van der Waals surface area contributed by atoms with Gasteiger partial charge in [-0.3, -0.25) is 4.79 Å². The number of carbonyl (C=O) groups is 2. The van der Waals surface area contributed by atoms with Gasteiger partial charge in [-0.15, -0.1) is 11.3 Å². The first kappa shape index (κ1) is 23.1. The molecule has 8 heteroatoms. The Morgan fingerprint density at radius 3 is 2.52 bits per heavy atom. The lowest BCUT2D eigenvalue weighted by Gasteiger charge is -2.22. The van der Waals surface area contributed by atoms with Gasteiger partial charge in [0.25, 0.3) is 5.91 Å². The van der Waals surface area contributed by atoms with Crippen LogP contribution in [0.1, 0.15) is 65.1 Å². The Bertz CT molecular complexity index is 857. The van der Waals surface area contributed by atoms with E-state index in [9.17, 15) is 9.59 Å². The van der Waals surface area contributed by atoms with Crippen LogP contribution in [-0.2, 0) is 6.61 Å². The first-order valence-electron chi connectivity index (χ1n) is 11.0. The summed E-state index contributed by atoms with van der Waals surface area (Å²) in [5.74, 6) is 0.597. The lowest BCUT2D eigenvalue weighted by Crippen LogP contribution is -2.43. The molecule has 1 fully saturated rings. The zero-order valence-electron chi connectivity index (χ0n) is 18.3. The van der Waals surface area contributed by atoms with Crippen LogP contribution < -0.4 is 20.7 Å². The van der Waals surface area contributed by atoms with E-state index in [1.807, 2.05) is 26.0 Å². The molecule has 1 heterocycles. The molecular formula is C23H32N4O3S. The summed E-state index contributed by atoms with van der Waals surface area (Å²) in [6, 6.07) is 6.24. The normalized spacial score (nSPS) is 14.1. The molecule has 3 rings (SSSR count). The highest BCUT2D eigenvalue weighted by atomic mass is 32.1. The molecule has 0 atom stereocenters. The highest BCUT2D eigenvalue weighted by Crippen LogP contribution is 2.19. The Morgan fingerprint density at radius 1 is 1.06 bits per heavy atom. The minimum absolute atomic E-state index is 0.119. The van der Waals surface area contributed by atoms with Crippen LogP contribution in [0.3, 0.4) is 0 Å². The molecule has 7 nitrogen and oxygen atoms in total. The molecule has 3 amide bonds. The Balaban J connectivity index is 1.31. The van der Waals surface area contributed by atoms with Gasteiger partial charge in [-0.05, 0) is 56.4 Å². The van der Waals surface area contributed by atoms with E-state index >= 15 is 0 Å². The number of carbonyl (C=O) groups excluding carboxylic acids is 2. The molecule has 1 aliphatic carbocycles. The van der Waals surface area contributed by atoms with Crippen molar-refractivity contribution < 1.29 is 14.3 Å². The van der Waals surface area contributed by atoms with E-state index in [0.717, 1.165) is 34.7 Å². The summed E-state index contributed by atoms with van der Waals surface area (Å²) < 4.78 is 5.81. The first-order chi connectivity index (χ1) is 15.0. The van der Waals surface area contributed by atoms with Crippen molar-refractivity contribution in [3.8, 4) is 5.75 Å². The highest BCUT2D eigenvalue weighted by Gasteiger charge is 2.15. The molecule has 2 aromatic rings. The maximum Gasteiger partial charge on any atom is 0.315 e. The third-order valence-corrected chi connectivity index (χ3v) is 6.03. The number of amides is 3. The Kier molecular flexibility index (Phi) is 8.70. The summed E-state index contributed by atoms with van der Waals surface area (Å²) >= 11 is 1.41. The number of hydrogen-bond acceptors (Lipinski definition) is 5. The summed E-state index contributed by atoms with van der Waals surface area (Å²) in [6.45, 7) is 5.40. The Labute approximate surface area is 188 Å². The van der Waals surface area contributed by atoms with Gasteiger partial charge in [-0.1, -0.05) is 25.3 Å². The molecule has 1 saturated carbocycles. The predicted octanol–water partition coefficient (Wildman–Crippen LogP) is 4.09. The number of nitrogens with one attached hydrogen (secondary N) is 3. The van der Waals surface area contributed by atoms with Gasteiger partial charge in [0.05, 0.1) is 0 Å². The number of nitrogens with zero attached hydrogens (tertiary/aromatic N) is 1. The molecule has 0 unspecified atom stereocenters. The quantitative estimate of drug-likeness (QED) is 0.508. The predicted molar refractivity (Wildman–Crippen MR) is 123 cm³/mol. The smallest absolute Gasteiger partial charge is 0.315 e. The van der Waals surface area contributed by atoms with Crippen molar-refractivity contribution in [1.29, 1.82) is 0 Å². The topological polar surface area (TPSA) is 92.3 Å². The maximum absolute atomic E-state index is 12.3. The average molecular weight is 445 g/mol. The summed E-state index contributed by atoms with van der Waals surface area (Å²) in [4.78, 5) is 28.5. The standard InChI is InChI=1S/C23H32N4O3S/c1-16-11-17(2)13-19(12-16)30-14-21-27-20(15-31-21)22(28)24-9-6-10-25-23(29)26-18-7-4-3-5-8-18/h11-13,15,18H,3-10,14H2,1-2H3,(H,24,28)(H2,25,26,29). The minimum Gasteiger partial charge on any atom is -0.486 e. The Hall–Kier alpha value is -2.61. The third-order valence-electron chi connectivity index (χ3n) is 5.21. The molecule has 0 radical (unpaired) electrons. The molecule has 0 aliphatic heterocycles. The lowest BCUT2D eigenvalue weighted by molar-refractivity contribution is 0.0948. The fraction of sp³-hybridized carbons (Fsp3) is 0.522. The number of aromatic nitrogens is 1. The second kappa shape index (κ2) is 11.7. The van der Waals surface area contributed by atoms with Crippen molar-refractivity contribution >= 4 is 23.3 Å². The fourth-order valence-electron chi connectivity index (χ4n) is 3.71. The van der Waals surface area contributed by atoms with Gasteiger partial charge in [-0.25, -0.2) is 9.78 Å². The van der Waals surface area contributed by atoms with Gasteiger partial charge >= 0.3 is 6.03 Å². The van der Waals surface area contributed by atoms with E-state index in [2.05, 4.69) is 27.0 Å². The van der Waals surface area contributed by atoms with Gasteiger partial charge in [0.2, 0.25) is 0 Å². The van der Waals surface area contributed by atoms with Gasteiger partial charge in [0.1, 0.15) is 23.1 Å². The number of urea groups is 1. The van der Waals surface area contributed by atoms with E-state index in [1.54, 1.807) is 5.38 Å². The molecule has 0 bridgehead atoms. The summed E-state index contributed by atoms with van der Waals surface area (Å²) in [6.07, 6.45) is 6.43. The SMILES string of the molecule is Cc1cc(C)cc(OCc2nc(C(=O)NCCCNC(=O)NC3CCCCC3)cs2)c1. The zero-order chi connectivity index (χ0) is 22.1. The maximum atomic E-state index is 12.3. The number of aryl methyl sites for hydroxylation is 2. The summed E-state index contributed by atoms with van der Waals surface area (Å²) in [5.41, 5.74) is 2.69. The number of ether oxygens (including phenoxy) is 1. The number of thiazole rings is 1. The van der Waals surface area contributed by atoms with Crippen LogP contribution in [0.2, 0.25) is 0 Å². The first-order valence-corrected chi connectivity index (χ1v) is 11.9. The lowest BCUT2D eigenvalue weighted by atomic mass is 9.96. The van der Waals surface area contributed by atoms with Crippen molar-refractivity contribution in [1.82, 2.24) is 20.9 Å². The van der Waals surface area contributed by atoms with Crippen LogP contribution in [0.25, 0.3) is 0 Å². The minimum atomic E-state index is -0.208. The molecule has 1 aliphatic rings. The fourth-order valence-corrected chi connectivity index (χ4v) is 4.39. The zero-order valence-corrected chi connectivity index (χ0v) is 19.1. The van der Waals surface area contributed by atoms with Crippen molar-refractivity contribution in [2.24, 2.45) is 0 Å². The Morgan fingerprint density at radius 2 is 1.77 bits per heavy atom. The van der Waals surface area contributed by atoms with E-state index in [1.165, 1.54) is 30.6 Å². The van der Waals surface area contributed by atoms with Crippen LogP contribution in [0, 0.1) is 13.8 Å². The van der Waals surface area contributed by atoms with Crippen LogP contribution >= 0.6 is 11.3 Å². The molecule has 1 aromatic heterocycles. The van der Waals surface area contributed by atoms with Crippen molar-refractivity contribution in [2.75, 3.05) is 13.1 Å².